The molecule has 1 aromatic rings. The Kier molecular flexibility index (Phi) is 7.79. The average molecular weight is 457 g/mol. The SMILES string of the molecule is COCCN1CCC(C(=O)O)(S(=O)(=O)N2CCC(Oc3ccc(OC)cc3)CC2)CC1. The van der Waals surface area contributed by atoms with E-state index in [9.17, 15) is 18.3 Å². The number of carboxylic acid groups (broad SMARTS) is 1. The summed E-state index contributed by atoms with van der Waals surface area (Å²) in [7, 11) is -0.786. The number of methoxy groups -OCH3 is 2. The third-order valence-corrected chi connectivity index (χ3v) is 8.88. The summed E-state index contributed by atoms with van der Waals surface area (Å²) < 4.78 is 42.6. The van der Waals surface area contributed by atoms with Crippen molar-refractivity contribution in [3.8, 4) is 11.5 Å². The Balaban J connectivity index is 1.61. The minimum Gasteiger partial charge on any atom is -0.497 e. The van der Waals surface area contributed by atoms with Gasteiger partial charge in [0.25, 0.3) is 0 Å². The van der Waals surface area contributed by atoms with Crippen molar-refractivity contribution >= 4 is 16.0 Å². The van der Waals surface area contributed by atoms with Crippen molar-refractivity contribution in [3.63, 3.8) is 0 Å². The van der Waals surface area contributed by atoms with Gasteiger partial charge in [-0.1, -0.05) is 0 Å². The molecular weight excluding hydrogens is 424 g/mol. The highest BCUT2D eigenvalue weighted by atomic mass is 32.2. The van der Waals surface area contributed by atoms with Crippen LogP contribution in [0.3, 0.4) is 0 Å². The van der Waals surface area contributed by atoms with Crippen molar-refractivity contribution in [1.82, 2.24) is 9.21 Å². The number of hydrogen-bond acceptors (Lipinski definition) is 7. The average Bonchev–Trinajstić information content (AvgIpc) is 2.78. The largest absolute Gasteiger partial charge is 0.497 e. The zero-order valence-electron chi connectivity index (χ0n) is 18.2. The summed E-state index contributed by atoms with van der Waals surface area (Å²) in [5.74, 6) is 0.184. The van der Waals surface area contributed by atoms with Crippen LogP contribution < -0.4 is 9.47 Å². The number of likely N-dealkylation sites (tertiary alicyclic amines) is 1. The van der Waals surface area contributed by atoms with Crippen LogP contribution in [0.5, 0.6) is 11.5 Å². The molecule has 0 spiro atoms. The maximum Gasteiger partial charge on any atom is 0.326 e. The lowest BCUT2D eigenvalue weighted by Crippen LogP contribution is -2.60. The van der Waals surface area contributed by atoms with Crippen LogP contribution in [0.25, 0.3) is 0 Å². The summed E-state index contributed by atoms with van der Waals surface area (Å²) in [6.07, 6.45) is 1.08. The van der Waals surface area contributed by atoms with Gasteiger partial charge in [0, 0.05) is 39.8 Å². The van der Waals surface area contributed by atoms with E-state index in [0.29, 0.717) is 44.8 Å². The Bertz CT molecular complexity index is 828. The van der Waals surface area contributed by atoms with E-state index in [2.05, 4.69) is 4.90 Å². The molecule has 0 bridgehead atoms. The molecule has 0 unspecified atom stereocenters. The van der Waals surface area contributed by atoms with Crippen molar-refractivity contribution in [2.45, 2.75) is 36.5 Å². The minimum absolute atomic E-state index is 0.0800. The second kappa shape index (κ2) is 10.2. The fourth-order valence-corrected chi connectivity index (χ4v) is 6.33. The van der Waals surface area contributed by atoms with Gasteiger partial charge in [-0.3, -0.25) is 4.79 Å². The van der Waals surface area contributed by atoms with E-state index in [-0.39, 0.29) is 32.0 Å². The monoisotopic (exact) mass is 456 g/mol. The van der Waals surface area contributed by atoms with Crippen LogP contribution in [0.1, 0.15) is 25.7 Å². The van der Waals surface area contributed by atoms with E-state index in [1.807, 2.05) is 24.3 Å². The standard InChI is InChI=1S/C21H32N2O7S/c1-28-16-15-22-13-9-21(10-14-22,20(24)25)31(26,27)23-11-7-19(8-12-23)30-18-5-3-17(29-2)4-6-18/h3-6,19H,7-16H2,1-2H3,(H,24,25). The lowest BCUT2D eigenvalue weighted by molar-refractivity contribution is -0.141. The molecule has 31 heavy (non-hydrogen) atoms. The van der Waals surface area contributed by atoms with Gasteiger partial charge >= 0.3 is 5.97 Å². The van der Waals surface area contributed by atoms with E-state index in [1.54, 1.807) is 14.2 Å². The molecule has 2 aliphatic heterocycles. The molecular formula is C21H32N2O7S. The summed E-state index contributed by atoms with van der Waals surface area (Å²) in [5, 5.41) is 9.92. The van der Waals surface area contributed by atoms with Crippen LogP contribution in [0.4, 0.5) is 0 Å². The Hall–Kier alpha value is -1.88. The highest BCUT2D eigenvalue weighted by Crippen LogP contribution is 2.35. The first-order valence-corrected chi connectivity index (χ1v) is 12.0. The summed E-state index contributed by atoms with van der Waals surface area (Å²) in [6.45, 7) is 2.56. The highest BCUT2D eigenvalue weighted by Gasteiger charge is 2.55. The van der Waals surface area contributed by atoms with Crippen LogP contribution in [-0.2, 0) is 19.6 Å². The van der Waals surface area contributed by atoms with Crippen molar-refractivity contribution < 1.29 is 32.5 Å². The predicted octanol–water partition coefficient (Wildman–Crippen LogP) is 1.43. The van der Waals surface area contributed by atoms with Gasteiger partial charge in [0.2, 0.25) is 10.0 Å². The molecule has 2 fully saturated rings. The molecule has 3 rings (SSSR count). The fraction of sp³-hybridized carbons (Fsp3) is 0.667. The summed E-state index contributed by atoms with van der Waals surface area (Å²) >= 11 is 0. The van der Waals surface area contributed by atoms with Gasteiger partial charge in [-0.2, -0.15) is 0 Å². The summed E-state index contributed by atoms with van der Waals surface area (Å²) in [5.41, 5.74) is 0. The predicted molar refractivity (Wildman–Crippen MR) is 115 cm³/mol. The van der Waals surface area contributed by atoms with Crippen LogP contribution in [0.15, 0.2) is 24.3 Å². The molecule has 0 radical (unpaired) electrons. The van der Waals surface area contributed by atoms with Crippen molar-refractivity contribution in [1.29, 1.82) is 0 Å². The number of carbonyl (C=O) groups is 1. The number of ether oxygens (including phenoxy) is 3. The van der Waals surface area contributed by atoms with E-state index in [1.165, 1.54) is 4.31 Å². The van der Waals surface area contributed by atoms with Gasteiger partial charge in [0.1, 0.15) is 17.6 Å². The molecule has 0 aromatic heterocycles. The number of aliphatic carboxylic acids is 1. The molecule has 0 atom stereocenters. The smallest absolute Gasteiger partial charge is 0.326 e. The highest BCUT2D eigenvalue weighted by molar-refractivity contribution is 7.91. The lowest BCUT2D eigenvalue weighted by Gasteiger charge is -2.42. The molecule has 0 aliphatic carbocycles. The summed E-state index contributed by atoms with van der Waals surface area (Å²) in [4.78, 5) is 14.2. The molecule has 0 saturated carbocycles. The maximum absolute atomic E-state index is 13.4. The number of hydrogen-bond donors (Lipinski definition) is 1. The first-order chi connectivity index (χ1) is 14.8. The Morgan fingerprint density at radius 1 is 1.06 bits per heavy atom. The molecule has 10 heteroatoms. The second-order valence-electron chi connectivity index (χ2n) is 8.03. The zero-order chi connectivity index (χ0) is 22.5. The first-order valence-electron chi connectivity index (χ1n) is 10.6. The van der Waals surface area contributed by atoms with E-state index in [0.717, 1.165) is 5.75 Å². The Morgan fingerprint density at radius 3 is 2.16 bits per heavy atom. The molecule has 1 aromatic carbocycles. The third-order valence-electron chi connectivity index (χ3n) is 6.26. The number of rotatable bonds is 9. The number of sulfonamides is 1. The van der Waals surface area contributed by atoms with Gasteiger partial charge < -0.3 is 24.2 Å². The lowest BCUT2D eigenvalue weighted by atomic mass is 9.96. The van der Waals surface area contributed by atoms with E-state index < -0.39 is 20.7 Å². The van der Waals surface area contributed by atoms with E-state index in [4.69, 9.17) is 14.2 Å². The minimum atomic E-state index is -3.99. The molecule has 1 N–H and O–H groups in total. The van der Waals surface area contributed by atoms with Crippen LogP contribution in [0.2, 0.25) is 0 Å². The van der Waals surface area contributed by atoms with Crippen molar-refractivity contribution in [2.75, 3.05) is 53.6 Å². The maximum atomic E-state index is 13.4. The van der Waals surface area contributed by atoms with Gasteiger partial charge in [0.15, 0.2) is 4.75 Å². The van der Waals surface area contributed by atoms with E-state index >= 15 is 0 Å². The normalized spacial score (nSPS) is 21.0. The van der Waals surface area contributed by atoms with Gasteiger partial charge in [0.05, 0.1) is 13.7 Å². The number of carboxylic acids is 1. The quantitative estimate of drug-likeness (QED) is 0.595. The van der Waals surface area contributed by atoms with Crippen molar-refractivity contribution in [2.24, 2.45) is 0 Å². The third kappa shape index (κ3) is 5.14. The first kappa shape index (κ1) is 23.8. The number of benzene rings is 1. The second-order valence-corrected chi connectivity index (χ2v) is 10.3. The molecule has 2 aliphatic rings. The Labute approximate surface area is 183 Å². The van der Waals surface area contributed by atoms with Gasteiger partial charge in [-0.15, -0.1) is 0 Å². The van der Waals surface area contributed by atoms with Crippen LogP contribution in [-0.4, -0.2) is 93.1 Å². The number of piperidine rings is 2. The molecule has 0 amide bonds. The molecule has 174 valence electrons. The molecule has 2 heterocycles. The zero-order valence-corrected chi connectivity index (χ0v) is 19.0. The topological polar surface area (TPSA) is 106 Å². The summed E-state index contributed by atoms with van der Waals surface area (Å²) in [6, 6.07) is 7.26. The van der Waals surface area contributed by atoms with Gasteiger partial charge in [-0.25, -0.2) is 12.7 Å². The Morgan fingerprint density at radius 2 is 1.65 bits per heavy atom. The molecule has 9 nitrogen and oxygen atoms in total. The van der Waals surface area contributed by atoms with Crippen LogP contribution >= 0.6 is 0 Å². The fourth-order valence-electron chi connectivity index (χ4n) is 4.22. The van der Waals surface area contributed by atoms with Crippen molar-refractivity contribution in [3.05, 3.63) is 24.3 Å². The van der Waals surface area contributed by atoms with Gasteiger partial charge in [-0.05, 0) is 49.9 Å². The van der Waals surface area contributed by atoms with Crippen LogP contribution in [0, 0.1) is 0 Å². The number of nitrogens with zero attached hydrogens (tertiary/aromatic N) is 2. The molecule has 2 saturated heterocycles.